The van der Waals surface area contributed by atoms with Crippen LogP contribution < -0.4 is 5.73 Å². The highest BCUT2D eigenvalue weighted by Crippen LogP contribution is 2.25. The third-order valence-electron chi connectivity index (χ3n) is 2.34. The fourth-order valence-electron chi connectivity index (χ4n) is 1.53. The van der Waals surface area contributed by atoms with Gasteiger partial charge in [-0.25, -0.2) is 4.98 Å². The number of aromatic nitrogens is 1. The topological polar surface area (TPSA) is 38.9 Å². The van der Waals surface area contributed by atoms with E-state index in [0.717, 1.165) is 12.1 Å². The normalized spacial score (nSPS) is 10.5. The molecule has 3 heteroatoms. The van der Waals surface area contributed by atoms with Crippen molar-refractivity contribution in [2.75, 3.05) is 6.54 Å². The third-order valence-corrected chi connectivity index (χ3v) is 3.23. The number of hydrogen-bond acceptors (Lipinski definition) is 3. The molecule has 1 aromatic carbocycles. The lowest BCUT2D eigenvalue weighted by atomic mass is 10.1. The first-order valence-electron chi connectivity index (χ1n) is 5.00. The maximum Gasteiger partial charge on any atom is 0.0843 e. The van der Waals surface area contributed by atoms with Gasteiger partial charge in [0.05, 0.1) is 11.2 Å². The Morgan fingerprint density at radius 2 is 2.00 bits per heavy atom. The number of nitrogens with two attached hydrogens (primary N) is 1. The Morgan fingerprint density at radius 3 is 2.67 bits per heavy atom. The van der Waals surface area contributed by atoms with E-state index in [1.165, 1.54) is 16.0 Å². The van der Waals surface area contributed by atoms with Crippen LogP contribution in [0.1, 0.15) is 10.4 Å². The van der Waals surface area contributed by atoms with Crippen LogP contribution in [0.15, 0.2) is 29.8 Å². The van der Waals surface area contributed by atoms with Crippen molar-refractivity contribution in [2.45, 2.75) is 13.3 Å². The molecule has 2 rings (SSSR count). The molecule has 2 aromatic rings. The molecule has 1 heterocycles. The van der Waals surface area contributed by atoms with Crippen LogP contribution in [-0.4, -0.2) is 11.5 Å². The molecule has 15 heavy (non-hydrogen) atoms. The molecule has 0 atom stereocenters. The van der Waals surface area contributed by atoms with Crippen molar-refractivity contribution in [2.24, 2.45) is 5.73 Å². The second kappa shape index (κ2) is 4.55. The van der Waals surface area contributed by atoms with Crippen LogP contribution in [-0.2, 0) is 6.42 Å². The monoisotopic (exact) mass is 218 g/mol. The van der Waals surface area contributed by atoms with Gasteiger partial charge < -0.3 is 5.73 Å². The molecule has 0 aliphatic heterocycles. The van der Waals surface area contributed by atoms with Gasteiger partial charge in [0.15, 0.2) is 0 Å². The Balaban J connectivity index is 2.36. The van der Waals surface area contributed by atoms with E-state index >= 15 is 0 Å². The summed E-state index contributed by atoms with van der Waals surface area (Å²) in [6, 6.07) is 8.45. The molecule has 0 unspecified atom stereocenters. The summed E-state index contributed by atoms with van der Waals surface area (Å²) in [6.45, 7) is 2.77. The highest BCUT2D eigenvalue weighted by Gasteiger charge is 2.07. The molecule has 0 bridgehead atoms. The van der Waals surface area contributed by atoms with E-state index in [2.05, 4.69) is 36.2 Å². The van der Waals surface area contributed by atoms with Crippen molar-refractivity contribution in [3.63, 3.8) is 0 Å². The van der Waals surface area contributed by atoms with Crippen LogP contribution in [0.5, 0.6) is 0 Å². The van der Waals surface area contributed by atoms with Crippen molar-refractivity contribution in [1.29, 1.82) is 0 Å². The molecular formula is C12H14N2S. The Hall–Kier alpha value is -1.19. The highest BCUT2D eigenvalue weighted by atomic mass is 32.1. The zero-order valence-corrected chi connectivity index (χ0v) is 9.55. The maximum atomic E-state index is 5.57. The predicted octanol–water partition coefficient (Wildman–Crippen LogP) is 2.62. The molecule has 0 saturated carbocycles. The van der Waals surface area contributed by atoms with Crippen LogP contribution in [0, 0.1) is 6.92 Å². The highest BCUT2D eigenvalue weighted by molar-refractivity contribution is 7.10. The molecule has 0 aliphatic rings. The average molecular weight is 218 g/mol. The van der Waals surface area contributed by atoms with Gasteiger partial charge in [-0.2, -0.15) is 0 Å². The minimum atomic E-state index is 0.682. The summed E-state index contributed by atoms with van der Waals surface area (Å²) in [6.07, 6.45) is 0.911. The number of aryl methyl sites for hydroxylation is 1. The van der Waals surface area contributed by atoms with E-state index in [9.17, 15) is 0 Å². The maximum absolute atomic E-state index is 5.57. The van der Waals surface area contributed by atoms with Gasteiger partial charge in [0.1, 0.15) is 0 Å². The molecule has 1 aromatic heterocycles. The first-order valence-corrected chi connectivity index (χ1v) is 5.88. The van der Waals surface area contributed by atoms with E-state index in [4.69, 9.17) is 5.73 Å². The SMILES string of the molecule is Cc1ccc(-c2ncsc2CCN)cc1. The number of benzene rings is 1. The fourth-order valence-corrected chi connectivity index (χ4v) is 2.33. The lowest BCUT2D eigenvalue weighted by molar-refractivity contribution is 0.986. The van der Waals surface area contributed by atoms with Gasteiger partial charge in [0.25, 0.3) is 0 Å². The minimum Gasteiger partial charge on any atom is -0.330 e. The molecule has 78 valence electrons. The molecule has 0 radical (unpaired) electrons. The molecular weight excluding hydrogens is 204 g/mol. The van der Waals surface area contributed by atoms with Gasteiger partial charge in [-0.3, -0.25) is 0 Å². The zero-order chi connectivity index (χ0) is 10.7. The zero-order valence-electron chi connectivity index (χ0n) is 8.73. The van der Waals surface area contributed by atoms with Crippen LogP contribution in [0.25, 0.3) is 11.3 Å². The Bertz CT molecular complexity index is 431. The Kier molecular flexibility index (Phi) is 3.14. The van der Waals surface area contributed by atoms with Crippen molar-refractivity contribution < 1.29 is 0 Å². The molecule has 2 nitrogen and oxygen atoms in total. The third kappa shape index (κ3) is 2.25. The van der Waals surface area contributed by atoms with Gasteiger partial charge >= 0.3 is 0 Å². The van der Waals surface area contributed by atoms with Crippen molar-refractivity contribution >= 4 is 11.3 Å². The summed E-state index contributed by atoms with van der Waals surface area (Å²) in [5.41, 5.74) is 11.0. The second-order valence-corrected chi connectivity index (χ2v) is 4.47. The quantitative estimate of drug-likeness (QED) is 0.860. The standard InChI is InChI=1S/C12H14N2S/c1-9-2-4-10(5-3-9)12-11(6-7-13)15-8-14-12/h2-5,8H,6-7,13H2,1H3. The van der Waals surface area contributed by atoms with Crippen LogP contribution in [0.2, 0.25) is 0 Å². The van der Waals surface area contributed by atoms with Crippen LogP contribution in [0.4, 0.5) is 0 Å². The van der Waals surface area contributed by atoms with Gasteiger partial charge in [0, 0.05) is 10.4 Å². The number of nitrogens with zero attached hydrogens (tertiary/aromatic N) is 1. The Labute approximate surface area is 93.8 Å². The second-order valence-electron chi connectivity index (χ2n) is 3.53. The van der Waals surface area contributed by atoms with Crippen molar-refractivity contribution in [3.05, 3.63) is 40.2 Å². The van der Waals surface area contributed by atoms with Crippen molar-refractivity contribution in [3.8, 4) is 11.3 Å². The summed E-state index contributed by atoms with van der Waals surface area (Å²) >= 11 is 1.68. The van der Waals surface area contributed by atoms with Crippen molar-refractivity contribution in [1.82, 2.24) is 4.98 Å². The fraction of sp³-hybridized carbons (Fsp3) is 0.250. The molecule has 0 fully saturated rings. The molecule has 0 saturated heterocycles. The summed E-state index contributed by atoms with van der Waals surface area (Å²) in [4.78, 5) is 5.68. The van der Waals surface area contributed by atoms with Gasteiger partial charge in [-0.15, -0.1) is 11.3 Å². The molecule has 2 N–H and O–H groups in total. The van der Waals surface area contributed by atoms with E-state index in [0.29, 0.717) is 6.54 Å². The summed E-state index contributed by atoms with van der Waals surface area (Å²) in [5.74, 6) is 0. The van der Waals surface area contributed by atoms with E-state index in [1.54, 1.807) is 11.3 Å². The average Bonchev–Trinajstić information content (AvgIpc) is 2.68. The minimum absolute atomic E-state index is 0.682. The summed E-state index contributed by atoms with van der Waals surface area (Å²) in [7, 11) is 0. The summed E-state index contributed by atoms with van der Waals surface area (Å²) in [5, 5.41) is 0. The Morgan fingerprint density at radius 1 is 1.27 bits per heavy atom. The first kappa shape index (κ1) is 10.3. The van der Waals surface area contributed by atoms with E-state index in [-0.39, 0.29) is 0 Å². The number of rotatable bonds is 3. The summed E-state index contributed by atoms with van der Waals surface area (Å²) < 4.78 is 0. The molecule has 0 spiro atoms. The van der Waals surface area contributed by atoms with E-state index in [1.807, 2.05) is 5.51 Å². The lowest BCUT2D eigenvalue weighted by Crippen LogP contribution is -2.02. The van der Waals surface area contributed by atoms with Gasteiger partial charge in [-0.1, -0.05) is 29.8 Å². The number of thiazole rings is 1. The predicted molar refractivity (Wildman–Crippen MR) is 65.0 cm³/mol. The molecule has 0 amide bonds. The largest absolute Gasteiger partial charge is 0.330 e. The first-order chi connectivity index (χ1) is 7.31. The number of hydrogen-bond donors (Lipinski definition) is 1. The van der Waals surface area contributed by atoms with E-state index < -0.39 is 0 Å². The van der Waals surface area contributed by atoms with Crippen LogP contribution >= 0.6 is 11.3 Å². The van der Waals surface area contributed by atoms with Crippen LogP contribution in [0.3, 0.4) is 0 Å². The van der Waals surface area contributed by atoms with Gasteiger partial charge in [0.2, 0.25) is 0 Å². The lowest BCUT2D eigenvalue weighted by Gasteiger charge is -2.01. The molecule has 0 aliphatic carbocycles. The smallest absolute Gasteiger partial charge is 0.0843 e. The van der Waals surface area contributed by atoms with Gasteiger partial charge in [-0.05, 0) is 19.9 Å².